The number of nitrogens with one attached hydrogen (secondary N) is 1. The summed E-state index contributed by atoms with van der Waals surface area (Å²) in [6, 6.07) is 0. The van der Waals surface area contributed by atoms with E-state index in [2.05, 4.69) is 35.1 Å². The second kappa shape index (κ2) is 7.63. The summed E-state index contributed by atoms with van der Waals surface area (Å²) in [5, 5.41) is 3.36. The maximum Gasteiger partial charge on any atom is 0.0558 e. The van der Waals surface area contributed by atoms with Gasteiger partial charge >= 0.3 is 0 Å². The van der Waals surface area contributed by atoms with E-state index >= 15 is 0 Å². The van der Waals surface area contributed by atoms with E-state index in [1.54, 1.807) is 6.08 Å². The minimum absolute atomic E-state index is 0.710. The van der Waals surface area contributed by atoms with Crippen LogP contribution in [0.3, 0.4) is 0 Å². The minimum atomic E-state index is 0.710. The first kappa shape index (κ1) is 13.5. The topological polar surface area (TPSA) is 50.4 Å². The smallest absolute Gasteiger partial charge is 0.0558 e. The average Bonchev–Trinajstić information content (AvgIpc) is 2.30. The van der Waals surface area contributed by atoms with Crippen LogP contribution in [0.25, 0.3) is 0 Å². The average molecular weight is 231 g/mol. The fourth-order valence-corrected chi connectivity index (χ4v) is 1.64. The summed E-state index contributed by atoms with van der Waals surface area (Å²) >= 11 is 0. The fraction of sp³-hybridized carbons (Fsp3) is 0.357. The summed E-state index contributed by atoms with van der Waals surface area (Å²) in [5.41, 5.74) is 8.51. The van der Waals surface area contributed by atoms with Crippen molar-refractivity contribution in [1.29, 1.82) is 0 Å². The van der Waals surface area contributed by atoms with Crippen LogP contribution in [0.1, 0.15) is 19.8 Å². The maximum atomic E-state index is 5.38. The van der Waals surface area contributed by atoms with Gasteiger partial charge in [-0.3, -0.25) is 4.99 Å². The Bertz CT molecular complexity index is 373. The predicted octanol–water partition coefficient (Wildman–Crippen LogP) is 2.30. The first-order valence-corrected chi connectivity index (χ1v) is 5.89. The molecule has 0 bridgehead atoms. The number of nitrogens with zero attached hydrogens (tertiary/aromatic N) is 1. The Morgan fingerprint density at radius 1 is 1.65 bits per heavy atom. The largest absolute Gasteiger partial charge is 0.405 e. The van der Waals surface area contributed by atoms with Gasteiger partial charge in [-0.1, -0.05) is 30.4 Å². The number of rotatable bonds is 6. The zero-order chi connectivity index (χ0) is 12.5. The molecule has 0 atom stereocenters. The lowest BCUT2D eigenvalue weighted by molar-refractivity contribution is 0.786. The highest BCUT2D eigenvalue weighted by Gasteiger charge is 2.00. The van der Waals surface area contributed by atoms with E-state index in [0.717, 1.165) is 30.8 Å². The van der Waals surface area contributed by atoms with Crippen molar-refractivity contribution in [3.63, 3.8) is 0 Å². The number of nitrogens with two attached hydrogens (primary N) is 1. The molecule has 0 fully saturated rings. The van der Waals surface area contributed by atoms with Crippen LogP contribution in [0, 0.1) is 0 Å². The zero-order valence-electron chi connectivity index (χ0n) is 10.4. The van der Waals surface area contributed by atoms with E-state index in [4.69, 9.17) is 5.73 Å². The molecule has 3 heteroatoms. The number of allylic oxidation sites excluding steroid dienone is 4. The first-order chi connectivity index (χ1) is 8.22. The van der Waals surface area contributed by atoms with Gasteiger partial charge in [-0.15, -0.1) is 0 Å². The van der Waals surface area contributed by atoms with E-state index < -0.39 is 0 Å². The first-order valence-electron chi connectivity index (χ1n) is 5.89. The second-order valence-electron chi connectivity index (χ2n) is 4.09. The molecule has 0 aromatic rings. The molecule has 0 unspecified atom stereocenters. The number of aliphatic imine (C=N–C) groups is 1. The van der Waals surface area contributed by atoms with Crippen LogP contribution in [0.15, 0.2) is 53.3 Å². The van der Waals surface area contributed by atoms with Gasteiger partial charge in [0.15, 0.2) is 0 Å². The van der Waals surface area contributed by atoms with Crippen LogP contribution in [0.5, 0.6) is 0 Å². The number of hydrogen-bond acceptors (Lipinski definition) is 3. The van der Waals surface area contributed by atoms with Crippen LogP contribution in [0.2, 0.25) is 0 Å². The SMILES string of the molecule is C=C(C)N=C(/C=C\N)CNCC1=CC=CCC1. The van der Waals surface area contributed by atoms with Crippen molar-refractivity contribution in [2.45, 2.75) is 19.8 Å². The molecule has 0 radical (unpaired) electrons. The molecule has 0 saturated carbocycles. The van der Waals surface area contributed by atoms with Gasteiger partial charge in [0.05, 0.1) is 5.71 Å². The molecule has 1 aliphatic carbocycles. The molecule has 17 heavy (non-hydrogen) atoms. The molecule has 0 aromatic heterocycles. The molecule has 0 aliphatic heterocycles. The Morgan fingerprint density at radius 3 is 3.06 bits per heavy atom. The molecule has 92 valence electrons. The lowest BCUT2D eigenvalue weighted by Crippen LogP contribution is -2.24. The maximum absolute atomic E-state index is 5.38. The Kier molecular flexibility index (Phi) is 6.04. The molecule has 1 aliphatic rings. The van der Waals surface area contributed by atoms with Crippen molar-refractivity contribution in [2.24, 2.45) is 10.7 Å². The lowest BCUT2D eigenvalue weighted by atomic mass is 10.1. The molecule has 1 rings (SSSR count). The highest BCUT2D eigenvalue weighted by molar-refractivity contribution is 5.97. The lowest BCUT2D eigenvalue weighted by Gasteiger charge is -2.10. The Morgan fingerprint density at radius 2 is 2.47 bits per heavy atom. The molecule has 0 aromatic carbocycles. The van der Waals surface area contributed by atoms with Gasteiger partial charge in [-0.2, -0.15) is 0 Å². The van der Waals surface area contributed by atoms with Crippen molar-refractivity contribution in [3.05, 3.63) is 48.4 Å². The van der Waals surface area contributed by atoms with Gasteiger partial charge in [-0.25, -0.2) is 0 Å². The third-order valence-corrected chi connectivity index (χ3v) is 2.38. The summed E-state index contributed by atoms with van der Waals surface area (Å²) in [6.07, 6.45) is 12.1. The summed E-state index contributed by atoms with van der Waals surface area (Å²) < 4.78 is 0. The molecule has 3 N–H and O–H groups in total. The van der Waals surface area contributed by atoms with Crippen LogP contribution in [0.4, 0.5) is 0 Å². The summed E-state index contributed by atoms with van der Waals surface area (Å²) in [7, 11) is 0. The van der Waals surface area contributed by atoms with Crippen LogP contribution >= 0.6 is 0 Å². The standard InChI is InChI=1S/C14H21N3/c1-12(2)17-14(8-9-15)11-16-10-13-6-4-3-5-7-13/h3-4,6,8-9,16H,1,5,7,10-11,15H2,2H3/b9-8-,17-14?. The normalized spacial score (nSPS) is 16.3. The van der Waals surface area contributed by atoms with Gasteiger partial charge in [0.2, 0.25) is 0 Å². The summed E-state index contributed by atoms with van der Waals surface area (Å²) in [4.78, 5) is 4.31. The Balaban J connectivity index is 2.39. The quantitative estimate of drug-likeness (QED) is 0.689. The highest BCUT2D eigenvalue weighted by Crippen LogP contribution is 2.09. The van der Waals surface area contributed by atoms with Crippen molar-refractivity contribution < 1.29 is 0 Å². The molecular formula is C14H21N3. The molecule has 0 heterocycles. The van der Waals surface area contributed by atoms with Crippen molar-refractivity contribution in [3.8, 4) is 0 Å². The van der Waals surface area contributed by atoms with Crippen molar-refractivity contribution in [1.82, 2.24) is 5.32 Å². The molecular weight excluding hydrogens is 210 g/mol. The van der Waals surface area contributed by atoms with E-state index in [-0.39, 0.29) is 0 Å². The number of hydrogen-bond donors (Lipinski definition) is 2. The predicted molar refractivity (Wildman–Crippen MR) is 74.9 cm³/mol. The third-order valence-electron chi connectivity index (χ3n) is 2.38. The van der Waals surface area contributed by atoms with Crippen molar-refractivity contribution >= 4 is 5.71 Å². The zero-order valence-corrected chi connectivity index (χ0v) is 10.4. The minimum Gasteiger partial charge on any atom is -0.405 e. The molecule has 0 saturated heterocycles. The monoisotopic (exact) mass is 231 g/mol. The van der Waals surface area contributed by atoms with Gasteiger partial charge in [0.1, 0.15) is 0 Å². The van der Waals surface area contributed by atoms with Crippen LogP contribution in [-0.4, -0.2) is 18.8 Å². The van der Waals surface area contributed by atoms with Gasteiger partial charge < -0.3 is 11.1 Å². The third kappa shape index (κ3) is 5.88. The summed E-state index contributed by atoms with van der Waals surface area (Å²) in [6.45, 7) is 7.25. The van der Waals surface area contributed by atoms with E-state index in [1.165, 1.54) is 11.8 Å². The highest BCUT2D eigenvalue weighted by atomic mass is 14.9. The Hall–Kier alpha value is -1.61. The summed E-state index contributed by atoms with van der Waals surface area (Å²) in [5.74, 6) is 0. The molecule has 3 nitrogen and oxygen atoms in total. The van der Waals surface area contributed by atoms with Crippen LogP contribution < -0.4 is 11.1 Å². The molecule has 0 spiro atoms. The van der Waals surface area contributed by atoms with E-state index in [1.807, 2.05) is 6.92 Å². The Labute approximate surface area is 104 Å². The van der Waals surface area contributed by atoms with Crippen molar-refractivity contribution in [2.75, 3.05) is 13.1 Å². The van der Waals surface area contributed by atoms with E-state index in [0.29, 0.717) is 6.54 Å². The van der Waals surface area contributed by atoms with E-state index in [9.17, 15) is 0 Å². The second-order valence-corrected chi connectivity index (χ2v) is 4.09. The van der Waals surface area contributed by atoms with Gasteiger partial charge in [0, 0.05) is 18.8 Å². The molecule has 0 amide bonds. The van der Waals surface area contributed by atoms with Gasteiger partial charge in [-0.05, 0) is 32.0 Å². The van der Waals surface area contributed by atoms with Gasteiger partial charge in [0.25, 0.3) is 0 Å². The fourth-order valence-electron chi connectivity index (χ4n) is 1.64. The van der Waals surface area contributed by atoms with Crippen LogP contribution in [-0.2, 0) is 0 Å².